The third kappa shape index (κ3) is 3.43. The molecule has 2 aromatic rings. The van der Waals surface area contributed by atoms with Crippen molar-refractivity contribution in [2.75, 3.05) is 5.32 Å². The van der Waals surface area contributed by atoms with Crippen molar-refractivity contribution in [2.24, 2.45) is 0 Å². The smallest absolute Gasteiger partial charge is 0.120 e. The van der Waals surface area contributed by atoms with E-state index in [-0.39, 0.29) is 6.04 Å². The van der Waals surface area contributed by atoms with Gasteiger partial charge in [-0.1, -0.05) is 36.7 Å². The molecule has 2 aromatic carbocycles. The first kappa shape index (κ1) is 14.2. The van der Waals surface area contributed by atoms with Crippen LogP contribution in [-0.4, -0.2) is 5.11 Å². The van der Waals surface area contributed by atoms with Crippen LogP contribution in [-0.2, 0) is 0 Å². The maximum atomic E-state index is 9.94. The Bertz CT molecular complexity index is 574. The van der Waals surface area contributed by atoms with Crippen LogP contribution < -0.4 is 5.32 Å². The molecular weight excluding hydrogens is 326 g/mol. The molecule has 0 aliphatic heterocycles. The van der Waals surface area contributed by atoms with Crippen LogP contribution in [0.2, 0.25) is 5.02 Å². The van der Waals surface area contributed by atoms with Crippen LogP contribution in [0.3, 0.4) is 0 Å². The molecule has 4 heteroatoms. The van der Waals surface area contributed by atoms with Crippen LogP contribution in [0.15, 0.2) is 46.9 Å². The third-order valence-electron chi connectivity index (χ3n) is 2.98. The SMILES string of the molecule is CCC(Nc1cc(Cl)ccc1Br)c1ccccc1O. The molecule has 0 saturated heterocycles. The summed E-state index contributed by atoms with van der Waals surface area (Å²) in [7, 11) is 0. The van der Waals surface area contributed by atoms with E-state index < -0.39 is 0 Å². The Labute approximate surface area is 126 Å². The third-order valence-corrected chi connectivity index (χ3v) is 3.91. The molecular formula is C15H15BrClNO. The number of phenolic OH excluding ortho intramolecular Hbond substituents is 1. The lowest BCUT2D eigenvalue weighted by molar-refractivity contribution is 0.463. The topological polar surface area (TPSA) is 32.3 Å². The number of halogens is 2. The van der Waals surface area contributed by atoms with E-state index in [4.69, 9.17) is 11.6 Å². The van der Waals surface area contributed by atoms with Crippen LogP contribution in [0.4, 0.5) is 5.69 Å². The maximum Gasteiger partial charge on any atom is 0.120 e. The molecule has 0 amide bonds. The Morgan fingerprint density at radius 3 is 2.68 bits per heavy atom. The quantitative estimate of drug-likeness (QED) is 0.784. The summed E-state index contributed by atoms with van der Waals surface area (Å²) >= 11 is 9.51. The van der Waals surface area contributed by atoms with Crippen molar-refractivity contribution < 1.29 is 5.11 Å². The highest BCUT2D eigenvalue weighted by Gasteiger charge is 2.14. The van der Waals surface area contributed by atoms with Gasteiger partial charge in [0.2, 0.25) is 0 Å². The first-order valence-electron chi connectivity index (χ1n) is 6.11. The van der Waals surface area contributed by atoms with Crippen LogP contribution in [0.5, 0.6) is 5.75 Å². The highest BCUT2D eigenvalue weighted by atomic mass is 79.9. The van der Waals surface area contributed by atoms with Crippen LogP contribution in [0.1, 0.15) is 24.9 Å². The molecule has 2 N–H and O–H groups in total. The van der Waals surface area contributed by atoms with Gasteiger partial charge in [0, 0.05) is 15.1 Å². The summed E-state index contributed by atoms with van der Waals surface area (Å²) < 4.78 is 0.950. The second kappa shape index (κ2) is 6.31. The number of para-hydroxylation sites is 1. The fourth-order valence-corrected chi connectivity index (χ4v) is 2.51. The van der Waals surface area contributed by atoms with Gasteiger partial charge >= 0.3 is 0 Å². The zero-order valence-corrected chi connectivity index (χ0v) is 12.9. The van der Waals surface area contributed by atoms with E-state index in [0.717, 1.165) is 22.1 Å². The van der Waals surface area contributed by atoms with E-state index in [9.17, 15) is 5.11 Å². The second-order valence-corrected chi connectivity index (χ2v) is 5.58. The molecule has 0 aliphatic rings. The van der Waals surface area contributed by atoms with E-state index in [1.165, 1.54) is 0 Å². The number of aromatic hydroxyl groups is 1. The van der Waals surface area contributed by atoms with Crippen molar-refractivity contribution in [3.8, 4) is 5.75 Å². The van der Waals surface area contributed by atoms with Crippen LogP contribution in [0.25, 0.3) is 0 Å². The molecule has 0 bridgehead atoms. The number of benzene rings is 2. The molecule has 0 aromatic heterocycles. The van der Waals surface area contributed by atoms with Gasteiger partial charge in [0.1, 0.15) is 5.75 Å². The molecule has 2 nitrogen and oxygen atoms in total. The fraction of sp³-hybridized carbons (Fsp3) is 0.200. The number of hydrogen-bond donors (Lipinski definition) is 2. The molecule has 2 rings (SSSR count). The first-order chi connectivity index (χ1) is 9.11. The summed E-state index contributed by atoms with van der Waals surface area (Å²) in [6.07, 6.45) is 0.858. The van der Waals surface area contributed by atoms with E-state index in [1.807, 2.05) is 36.4 Å². The van der Waals surface area contributed by atoms with Gasteiger partial charge in [-0.3, -0.25) is 0 Å². The molecule has 0 spiro atoms. The number of hydrogen-bond acceptors (Lipinski definition) is 2. The van der Waals surface area contributed by atoms with Crippen LogP contribution in [0, 0.1) is 0 Å². The van der Waals surface area contributed by atoms with E-state index in [0.29, 0.717) is 10.8 Å². The molecule has 1 unspecified atom stereocenters. The largest absolute Gasteiger partial charge is 0.508 e. The molecule has 0 radical (unpaired) electrons. The molecule has 100 valence electrons. The highest BCUT2D eigenvalue weighted by molar-refractivity contribution is 9.10. The molecule has 19 heavy (non-hydrogen) atoms. The maximum absolute atomic E-state index is 9.94. The van der Waals surface area contributed by atoms with Crippen molar-refractivity contribution >= 4 is 33.2 Å². The van der Waals surface area contributed by atoms with Gasteiger partial charge in [-0.05, 0) is 46.6 Å². The molecule has 0 heterocycles. The van der Waals surface area contributed by atoms with Crippen molar-refractivity contribution in [3.05, 3.63) is 57.5 Å². The summed E-state index contributed by atoms with van der Waals surface area (Å²) in [5, 5.41) is 14.0. The first-order valence-corrected chi connectivity index (χ1v) is 7.28. The monoisotopic (exact) mass is 339 g/mol. The van der Waals surface area contributed by atoms with E-state index in [1.54, 1.807) is 6.07 Å². The van der Waals surface area contributed by atoms with Crippen molar-refractivity contribution in [1.82, 2.24) is 0 Å². The molecule has 1 atom stereocenters. The normalized spacial score (nSPS) is 12.2. The van der Waals surface area contributed by atoms with Gasteiger partial charge in [0.25, 0.3) is 0 Å². The zero-order valence-electron chi connectivity index (χ0n) is 10.5. The molecule has 0 saturated carbocycles. The Hall–Kier alpha value is -1.19. The van der Waals surface area contributed by atoms with Gasteiger partial charge in [0.05, 0.1) is 11.7 Å². The minimum atomic E-state index is 0.0379. The van der Waals surface area contributed by atoms with Gasteiger partial charge in [0.15, 0.2) is 0 Å². The van der Waals surface area contributed by atoms with E-state index >= 15 is 0 Å². The average molecular weight is 341 g/mol. The fourth-order valence-electron chi connectivity index (χ4n) is 1.98. The van der Waals surface area contributed by atoms with Gasteiger partial charge in [-0.2, -0.15) is 0 Å². The predicted molar refractivity (Wildman–Crippen MR) is 83.9 cm³/mol. The van der Waals surface area contributed by atoms with E-state index in [2.05, 4.69) is 28.2 Å². The number of phenols is 1. The summed E-state index contributed by atoms with van der Waals surface area (Å²) in [6.45, 7) is 2.07. The Balaban J connectivity index is 2.29. The number of nitrogens with one attached hydrogen (secondary N) is 1. The Morgan fingerprint density at radius 1 is 1.26 bits per heavy atom. The van der Waals surface area contributed by atoms with Gasteiger partial charge < -0.3 is 10.4 Å². The standard InChI is InChI=1S/C15H15BrClNO/c1-2-13(11-5-3-4-6-15(11)19)18-14-9-10(17)7-8-12(14)16/h3-9,13,18-19H,2H2,1H3. The van der Waals surface area contributed by atoms with Crippen molar-refractivity contribution in [1.29, 1.82) is 0 Å². The Kier molecular flexibility index (Phi) is 4.72. The molecule has 0 aliphatic carbocycles. The van der Waals surface area contributed by atoms with Gasteiger partial charge in [-0.15, -0.1) is 0 Å². The lowest BCUT2D eigenvalue weighted by Crippen LogP contribution is -2.10. The highest BCUT2D eigenvalue weighted by Crippen LogP contribution is 2.33. The second-order valence-electron chi connectivity index (χ2n) is 4.29. The average Bonchev–Trinajstić information content (AvgIpc) is 2.41. The van der Waals surface area contributed by atoms with Crippen LogP contribution >= 0.6 is 27.5 Å². The summed E-state index contributed by atoms with van der Waals surface area (Å²) in [5.41, 5.74) is 1.81. The minimum absolute atomic E-state index is 0.0379. The van der Waals surface area contributed by atoms with Gasteiger partial charge in [-0.25, -0.2) is 0 Å². The summed E-state index contributed by atoms with van der Waals surface area (Å²) in [5.74, 6) is 0.306. The lowest BCUT2D eigenvalue weighted by atomic mass is 10.0. The van der Waals surface area contributed by atoms with Crippen molar-refractivity contribution in [3.63, 3.8) is 0 Å². The zero-order chi connectivity index (χ0) is 13.8. The number of rotatable bonds is 4. The minimum Gasteiger partial charge on any atom is -0.508 e. The lowest BCUT2D eigenvalue weighted by Gasteiger charge is -2.20. The van der Waals surface area contributed by atoms with Crippen molar-refractivity contribution in [2.45, 2.75) is 19.4 Å². The Morgan fingerprint density at radius 2 is 2.00 bits per heavy atom. The number of anilines is 1. The predicted octanol–water partition coefficient (Wildman–Crippen LogP) is 5.37. The summed E-state index contributed by atoms with van der Waals surface area (Å²) in [6, 6.07) is 13.0. The summed E-state index contributed by atoms with van der Waals surface area (Å²) in [4.78, 5) is 0. The molecule has 0 fully saturated rings.